The van der Waals surface area contributed by atoms with Crippen LogP contribution >= 0.6 is 23.1 Å². The fraction of sp³-hybridized carbons (Fsp3) is 0.0417. The van der Waals surface area contributed by atoms with Gasteiger partial charge in [0, 0.05) is 15.4 Å². The normalized spacial score (nSPS) is 10.5. The highest BCUT2D eigenvalue weighted by Gasteiger charge is 2.12. The number of anilines is 1. The quantitative estimate of drug-likeness (QED) is 0.362. The summed E-state index contributed by atoms with van der Waals surface area (Å²) in [4.78, 5) is 15.6. The first kappa shape index (κ1) is 19.3. The van der Waals surface area contributed by atoms with Crippen molar-refractivity contribution in [1.29, 1.82) is 0 Å². The average molecular weight is 418 g/mol. The number of amides is 1. The molecular formula is C24H19NO2S2. The molecule has 0 spiro atoms. The molecule has 29 heavy (non-hydrogen) atoms. The molecule has 0 fully saturated rings. The molecule has 1 aromatic heterocycles. The lowest BCUT2D eigenvalue weighted by atomic mass is 10.3. The van der Waals surface area contributed by atoms with E-state index in [4.69, 9.17) is 4.74 Å². The Balaban J connectivity index is 1.42. The monoisotopic (exact) mass is 417 g/mol. The van der Waals surface area contributed by atoms with Gasteiger partial charge in [0.1, 0.15) is 12.4 Å². The molecule has 0 unspecified atom stereocenters. The minimum absolute atomic E-state index is 0.109. The zero-order chi connectivity index (χ0) is 19.9. The Labute approximate surface area is 178 Å². The molecule has 3 aromatic carbocycles. The number of carbonyl (C=O) groups excluding carboxylic acids is 1. The van der Waals surface area contributed by atoms with Gasteiger partial charge in [-0.2, -0.15) is 0 Å². The fourth-order valence-corrected chi connectivity index (χ4v) is 4.43. The molecule has 4 rings (SSSR count). The third-order valence-corrected chi connectivity index (χ3v) is 6.19. The SMILES string of the molecule is O=C(Nc1ccccc1Sc1ccccc1)c1cc(COc2ccccc2)cs1. The predicted octanol–water partition coefficient (Wildman–Crippen LogP) is 6.73. The highest BCUT2D eigenvalue weighted by molar-refractivity contribution is 7.99. The molecule has 5 heteroatoms. The summed E-state index contributed by atoms with van der Waals surface area (Å²) >= 11 is 3.05. The first-order valence-corrected chi connectivity index (χ1v) is 10.9. The molecule has 0 saturated carbocycles. The predicted molar refractivity (Wildman–Crippen MR) is 120 cm³/mol. The molecule has 0 saturated heterocycles. The van der Waals surface area contributed by atoms with Crippen LogP contribution in [0, 0.1) is 0 Å². The van der Waals surface area contributed by atoms with Crippen molar-refractivity contribution in [3.05, 3.63) is 107 Å². The van der Waals surface area contributed by atoms with Crippen molar-refractivity contribution < 1.29 is 9.53 Å². The van der Waals surface area contributed by atoms with E-state index < -0.39 is 0 Å². The summed E-state index contributed by atoms with van der Waals surface area (Å²) in [6.45, 7) is 0.439. The van der Waals surface area contributed by atoms with E-state index in [1.54, 1.807) is 11.8 Å². The van der Waals surface area contributed by atoms with Gasteiger partial charge in [0.2, 0.25) is 0 Å². The van der Waals surface area contributed by atoms with E-state index in [9.17, 15) is 4.79 Å². The number of hydrogen-bond acceptors (Lipinski definition) is 4. The van der Waals surface area contributed by atoms with Gasteiger partial charge in [0.25, 0.3) is 5.91 Å². The van der Waals surface area contributed by atoms with Crippen LogP contribution in [0.25, 0.3) is 0 Å². The van der Waals surface area contributed by atoms with Gasteiger partial charge in [-0.1, -0.05) is 60.3 Å². The van der Waals surface area contributed by atoms with Crippen molar-refractivity contribution >= 4 is 34.7 Å². The van der Waals surface area contributed by atoms with Gasteiger partial charge >= 0.3 is 0 Å². The third-order valence-electron chi connectivity index (χ3n) is 4.13. The second kappa shape index (κ2) is 9.45. The Morgan fingerprint density at radius 3 is 2.38 bits per heavy atom. The van der Waals surface area contributed by atoms with Gasteiger partial charge in [-0.3, -0.25) is 4.79 Å². The highest BCUT2D eigenvalue weighted by atomic mass is 32.2. The van der Waals surface area contributed by atoms with Crippen molar-refractivity contribution in [3.8, 4) is 5.75 Å². The van der Waals surface area contributed by atoms with Crippen molar-refractivity contribution in [2.75, 3.05) is 5.32 Å². The molecule has 0 bridgehead atoms. The topological polar surface area (TPSA) is 38.3 Å². The molecule has 0 aliphatic heterocycles. The van der Waals surface area contributed by atoms with Gasteiger partial charge in [-0.05, 0) is 47.8 Å². The smallest absolute Gasteiger partial charge is 0.265 e. The van der Waals surface area contributed by atoms with Gasteiger partial charge in [-0.25, -0.2) is 0 Å². The van der Waals surface area contributed by atoms with E-state index in [1.165, 1.54) is 11.3 Å². The average Bonchev–Trinajstić information content (AvgIpc) is 3.24. The third kappa shape index (κ3) is 5.28. The zero-order valence-corrected chi connectivity index (χ0v) is 17.2. The Hall–Kier alpha value is -3.02. The highest BCUT2D eigenvalue weighted by Crippen LogP contribution is 2.33. The summed E-state index contributed by atoms with van der Waals surface area (Å²) in [6.07, 6.45) is 0. The van der Waals surface area contributed by atoms with E-state index in [0.29, 0.717) is 11.5 Å². The Kier molecular flexibility index (Phi) is 6.29. The second-order valence-electron chi connectivity index (χ2n) is 6.29. The summed E-state index contributed by atoms with van der Waals surface area (Å²) < 4.78 is 5.76. The number of hydrogen-bond donors (Lipinski definition) is 1. The van der Waals surface area contributed by atoms with Crippen molar-refractivity contribution in [2.24, 2.45) is 0 Å². The minimum atomic E-state index is -0.109. The zero-order valence-electron chi connectivity index (χ0n) is 15.6. The van der Waals surface area contributed by atoms with Crippen LogP contribution in [0.15, 0.2) is 106 Å². The van der Waals surface area contributed by atoms with Crippen molar-refractivity contribution in [2.45, 2.75) is 16.4 Å². The van der Waals surface area contributed by atoms with E-state index >= 15 is 0 Å². The lowest BCUT2D eigenvalue weighted by Crippen LogP contribution is -2.10. The van der Waals surface area contributed by atoms with Crippen LogP contribution in [0.2, 0.25) is 0 Å². The number of thiophene rings is 1. The van der Waals surface area contributed by atoms with Crippen LogP contribution in [0.5, 0.6) is 5.75 Å². The molecule has 144 valence electrons. The van der Waals surface area contributed by atoms with Crippen molar-refractivity contribution in [1.82, 2.24) is 0 Å². The van der Waals surface area contributed by atoms with Crippen LogP contribution < -0.4 is 10.1 Å². The molecule has 1 heterocycles. The standard InChI is InChI=1S/C24H19NO2S2/c26-24(23-15-18(17-28-23)16-27-19-9-3-1-4-10-19)25-21-13-7-8-14-22(21)29-20-11-5-2-6-12-20/h1-15,17H,16H2,(H,25,26). The summed E-state index contributed by atoms with van der Waals surface area (Å²) in [5.74, 6) is 0.707. The molecule has 0 atom stereocenters. The number of ether oxygens (including phenoxy) is 1. The number of carbonyl (C=O) groups is 1. The number of benzene rings is 3. The van der Waals surface area contributed by atoms with Crippen molar-refractivity contribution in [3.63, 3.8) is 0 Å². The fourth-order valence-electron chi connectivity index (χ4n) is 2.71. The molecule has 1 amide bonds. The molecule has 0 aliphatic rings. The van der Waals surface area contributed by atoms with Gasteiger partial charge < -0.3 is 10.1 Å². The molecule has 0 aliphatic carbocycles. The van der Waals surface area contributed by atoms with Gasteiger partial charge in [0.15, 0.2) is 0 Å². The first-order chi connectivity index (χ1) is 14.3. The van der Waals surface area contributed by atoms with Crippen LogP contribution in [-0.2, 0) is 6.61 Å². The van der Waals surface area contributed by atoms with Crippen LogP contribution in [-0.4, -0.2) is 5.91 Å². The summed E-state index contributed by atoms with van der Waals surface area (Å²) in [6, 6.07) is 29.5. The van der Waals surface area contributed by atoms with Crippen LogP contribution in [0.4, 0.5) is 5.69 Å². The Morgan fingerprint density at radius 2 is 1.59 bits per heavy atom. The Bertz CT molecular complexity index is 1080. The van der Waals surface area contributed by atoms with E-state index in [0.717, 1.165) is 26.8 Å². The maximum atomic E-state index is 12.8. The van der Waals surface area contributed by atoms with Gasteiger partial charge in [0.05, 0.1) is 10.6 Å². The molecule has 4 aromatic rings. The van der Waals surface area contributed by atoms with Crippen LogP contribution in [0.3, 0.4) is 0 Å². The lowest BCUT2D eigenvalue weighted by Gasteiger charge is -2.10. The maximum Gasteiger partial charge on any atom is 0.265 e. The number of nitrogens with one attached hydrogen (secondary N) is 1. The molecular weight excluding hydrogens is 398 g/mol. The van der Waals surface area contributed by atoms with Crippen LogP contribution in [0.1, 0.15) is 15.2 Å². The summed E-state index contributed by atoms with van der Waals surface area (Å²) in [5, 5.41) is 5.00. The second-order valence-corrected chi connectivity index (χ2v) is 8.31. The number of para-hydroxylation sites is 2. The summed E-state index contributed by atoms with van der Waals surface area (Å²) in [5.41, 5.74) is 1.79. The van der Waals surface area contributed by atoms with E-state index in [-0.39, 0.29) is 5.91 Å². The Morgan fingerprint density at radius 1 is 0.897 bits per heavy atom. The number of rotatable bonds is 7. The lowest BCUT2D eigenvalue weighted by molar-refractivity contribution is 0.103. The van der Waals surface area contributed by atoms with Gasteiger partial charge in [-0.15, -0.1) is 11.3 Å². The molecule has 0 radical (unpaired) electrons. The maximum absolute atomic E-state index is 12.8. The molecule has 1 N–H and O–H groups in total. The molecule has 3 nitrogen and oxygen atoms in total. The first-order valence-electron chi connectivity index (χ1n) is 9.16. The largest absolute Gasteiger partial charge is 0.489 e. The summed E-state index contributed by atoms with van der Waals surface area (Å²) in [7, 11) is 0. The van der Waals surface area contributed by atoms with E-state index in [2.05, 4.69) is 17.4 Å². The minimum Gasteiger partial charge on any atom is -0.489 e. The van der Waals surface area contributed by atoms with E-state index in [1.807, 2.05) is 84.2 Å².